The number of sulfonamides is 1. The van der Waals surface area contributed by atoms with Crippen molar-refractivity contribution < 1.29 is 27.5 Å². The van der Waals surface area contributed by atoms with Gasteiger partial charge in [0.1, 0.15) is 11.8 Å². The van der Waals surface area contributed by atoms with Crippen LogP contribution in [0.1, 0.15) is 64.1 Å². The molecule has 3 aromatic rings. The molecule has 204 valence electrons. The van der Waals surface area contributed by atoms with Gasteiger partial charge >= 0.3 is 5.97 Å². The van der Waals surface area contributed by atoms with Crippen molar-refractivity contribution >= 4 is 27.8 Å². The molecule has 1 heterocycles. The fourth-order valence-corrected chi connectivity index (χ4v) is 5.25. The Morgan fingerprint density at radius 3 is 2.23 bits per heavy atom. The number of amides is 2. The van der Waals surface area contributed by atoms with Crippen LogP contribution >= 0.6 is 0 Å². The van der Waals surface area contributed by atoms with E-state index in [1.165, 1.54) is 24.3 Å². The number of nitrogens with one attached hydrogen (secondary N) is 2. The van der Waals surface area contributed by atoms with Gasteiger partial charge in [0.15, 0.2) is 0 Å². The maximum atomic E-state index is 12.7. The average molecular weight is 550 g/mol. The minimum Gasteiger partial charge on any atom is -0.458 e. The maximum Gasteiger partial charge on any atom is 0.357 e. The number of rotatable bonds is 11. The Morgan fingerprint density at radius 2 is 1.56 bits per heavy atom. The van der Waals surface area contributed by atoms with E-state index in [0.717, 1.165) is 43.0 Å². The first-order chi connectivity index (χ1) is 18.8. The molecular weight excluding hydrogens is 518 g/mol. The van der Waals surface area contributed by atoms with Crippen LogP contribution in [0.15, 0.2) is 77.8 Å². The van der Waals surface area contributed by atoms with Crippen molar-refractivity contribution in [3.63, 3.8) is 0 Å². The van der Waals surface area contributed by atoms with Gasteiger partial charge in [-0.05, 0) is 73.9 Å². The summed E-state index contributed by atoms with van der Waals surface area (Å²) >= 11 is 0. The summed E-state index contributed by atoms with van der Waals surface area (Å²) in [7, 11) is -4.12. The van der Waals surface area contributed by atoms with Crippen molar-refractivity contribution in [2.45, 2.75) is 55.9 Å². The lowest BCUT2D eigenvalue weighted by Crippen LogP contribution is -2.30. The van der Waals surface area contributed by atoms with Gasteiger partial charge in [0.05, 0.1) is 10.5 Å². The molecule has 0 unspecified atom stereocenters. The molecule has 2 aromatic carbocycles. The van der Waals surface area contributed by atoms with Gasteiger partial charge in [-0.15, -0.1) is 0 Å². The van der Waals surface area contributed by atoms with E-state index in [1.807, 2.05) is 35.1 Å². The second-order valence-electron chi connectivity index (χ2n) is 9.41. The molecule has 1 saturated carbocycles. The fraction of sp³-hybridized carbons (Fsp3) is 0.310. The van der Waals surface area contributed by atoms with Gasteiger partial charge in [-0.2, -0.15) is 0 Å². The van der Waals surface area contributed by atoms with Crippen molar-refractivity contribution in [2.24, 2.45) is 0 Å². The molecule has 4 rings (SSSR count). The predicted molar refractivity (Wildman–Crippen MR) is 144 cm³/mol. The summed E-state index contributed by atoms with van der Waals surface area (Å²) in [6.07, 6.45) is 6.33. The van der Waals surface area contributed by atoms with Gasteiger partial charge in [0, 0.05) is 19.2 Å². The zero-order chi connectivity index (χ0) is 27.7. The molecule has 0 spiro atoms. The highest BCUT2D eigenvalue weighted by atomic mass is 32.2. The highest BCUT2D eigenvalue weighted by Gasteiger charge is 2.22. The minimum absolute atomic E-state index is 0.00406. The third-order valence-electron chi connectivity index (χ3n) is 6.49. The molecule has 0 aliphatic heterocycles. The van der Waals surface area contributed by atoms with E-state index in [9.17, 15) is 22.8 Å². The van der Waals surface area contributed by atoms with Crippen LogP contribution in [-0.2, 0) is 32.4 Å². The molecule has 0 radical (unpaired) electrons. The molecule has 1 aliphatic carbocycles. The first-order valence-corrected chi connectivity index (χ1v) is 14.4. The molecule has 2 amide bonds. The SMILES string of the molecule is O=C(CCc1ccccc1)NCCc1ccc(S(=O)(=O)NC(=O)c2ccc(C(=O)OC3CCCC3)nc2)cc1. The summed E-state index contributed by atoms with van der Waals surface area (Å²) in [5, 5.41) is 2.87. The third kappa shape index (κ3) is 8.22. The third-order valence-corrected chi connectivity index (χ3v) is 7.84. The normalized spacial score (nSPS) is 13.5. The topological polar surface area (TPSA) is 132 Å². The molecular formula is C29H31N3O6S. The monoisotopic (exact) mass is 549 g/mol. The summed E-state index contributed by atoms with van der Waals surface area (Å²) in [5.74, 6) is -1.47. The van der Waals surface area contributed by atoms with E-state index < -0.39 is 21.9 Å². The molecule has 0 saturated heterocycles. The van der Waals surface area contributed by atoms with E-state index in [2.05, 4.69) is 10.3 Å². The lowest BCUT2D eigenvalue weighted by atomic mass is 10.1. The van der Waals surface area contributed by atoms with Crippen molar-refractivity contribution in [2.75, 3.05) is 6.54 Å². The van der Waals surface area contributed by atoms with E-state index in [-0.39, 0.29) is 28.2 Å². The summed E-state index contributed by atoms with van der Waals surface area (Å²) in [6.45, 7) is 0.424. The summed E-state index contributed by atoms with van der Waals surface area (Å²) in [6, 6.07) is 18.5. The van der Waals surface area contributed by atoms with Gasteiger partial charge in [-0.1, -0.05) is 42.5 Å². The van der Waals surface area contributed by atoms with E-state index in [1.54, 1.807) is 12.1 Å². The Labute approximate surface area is 228 Å². The zero-order valence-electron chi connectivity index (χ0n) is 21.5. The Balaban J connectivity index is 1.24. The van der Waals surface area contributed by atoms with Crippen molar-refractivity contribution in [3.8, 4) is 0 Å². The number of ether oxygens (including phenoxy) is 1. The molecule has 0 bridgehead atoms. The second kappa shape index (κ2) is 13.1. The molecule has 0 atom stereocenters. The van der Waals surface area contributed by atoms with Crippen molar-refractivity contribution in [3.05, 3.63) is 95.3 Å². The second-order valence-corrected chi connectivity index (χ2v) is 11.1. The van der Waals surface area contributed by atoms with Gasteiger partial charge < -0.3 is 10.1 Å². The number of esters is 1. The smallest absolute Gasteiger partial charge is 0.357 e. The van der Waals surface area contributed by atoms with Crippen LogP contribution in [0.2, 0.25) is 0 Å². The van der Waals surface area contributed by atoms with E-state index in [4.69, 9.17) is 4.74 Å². The molecule has 10 heteroatoms. The van der Waals surface area contributed by atoms with E-state index in [0.29, 0.717) is 25.8 Å². The number of aryl methyl sites for hydroxylation is 1. The Kier molecular flexibility index (Phi) is 9.43. The summed E-state index contributed by atoms with van der Waals surface area (Å²) in [5.41, 5.74) is 2.00. The number of carbonyl (C=O) groups excluding carboxylic acids is 3. The zero-order valence-corrected chi connectivity index (χ0v) is 22.3. The Hall–Kier alpha value is -4.05. The molecule has 2 N–H and O–H groups in total. The molecule has 1 aliphatic rings. The van der Waals surface area contributed by atoms with Crippen LogP contribution in [0, 0.1) is 0 Å². The number of hydrogen-bond donors (Lipinski definition) is 2. The quantitative estimate of drug-likeness (QED) is 0.350. The Bertz CT molecular complexity index is 1390. The van der Waals surface area contributed by atoms with Crippen LogP contribution in [-0.4, -0.2) is 43.8 Å². The van der Waals surface area contributed by atoms with Crippen molar-refractivity contribution in [1.29, 1.82) is 0 Å². The largest absolute Gasteiger partial charge is 0.458 e. The molecule has 9 nitrogen and oxygen atoms in total. The summed E-state index contributed by atoms with van der Waals surface area (Å²) in [4.78, 5) is 40.7. The number of hydrogen-bond acceptors (Lipinski definition) is 7. The first kappa shape index (κ1) is 28.0. The van der Waals surface area contributed by atoms with Crippen LogP contribution < -0.4 is 10.0 Å². The van der Waals surface area contributed by atoms with Gasteiger partial charge in [0.2, 0.25) is 5.91 Å². The number of pyridine rings is 1. The number of carbonyl (C=O) groups is 3. The van der Waals surface area contributed by atoms with E-state index >= 15 is 0 Å². The Morgan fingerprint density at radius 1 is 0.872 bits per heavy atom. The highest BCUT2D eigenvalue weighted by Crippen LogP contribution is 2.22. The molecule has 1 fully saturated rings. The fourth-order valence-electron chi connectivity index (χ4n) is 4.28. The lowest BCUT2D eigenvalue weighted by molar-refractivity contribution is -0.121. The van der Waals surface area contributed by atoms with Crippen LogP contribution in [0.3, 0.4) is 0 Å². The molecule has 39 heavy (non-hydrogen) atoms. The lowest BCUT2D eigenvalue weighted by Gasteiger charge is -2.11. The number of benzene rings is 2. The van der Waals surface area contributed by atoms with Crippen LogP contribution in [0.5, 0.6) is 0 Å². The number of nitrogens with zero attached hydrogens (tertiary/aromatic N) is 1. The number of aromatic nitrogens is 1. The van der Waals surface area contributed by atoms with Gasteiger partial charge in [-0.3, -0.25) is 9.59 Å². The average Bonchev–Trinajstić information content (AvgIpc) is 3.46. The van der Waals surface area contributed by atoms with Gasteiger partial charge in [0.25, 0.3) is 15.9 Å². The van der Waals surface area contributed by atoms with Crippen molar-refractivity contribution in [1.82, 2.24) is 15.0 Å². The minimum atomic E-state index is -4.12. The van der Waals surface area contributed by atoms with Crippen LogP contribution in [0.4, 0.5) is 0 Å². The molecule has 1 aromatic heterocycles. The summed E-state index contributed by atoms with van der Waals surface area (Å²) < 4.78 is 32.8. The highest BCUT2D eigenvalue weighted by molar-refractivity contribution is 7.90. The van der Waals surface area contributed by atoms with Crippen LogP contribution in [0.25, 0.3) is 0 Å². The maximum absolute atomic E-state index is 12.7. The van der Waals surface area contributed by atoms with Gasteiger partial charge in [-0.25, -0.2) is 22.9 Å². The predicted octanol–water partition coefficient (Wildman–Crippen LogP) is 3.59. The first-order valence-electron chi connectivity index (χ1n) is 12.9. The standard InChI is InChI=1S/C29H31N3O6S/c33-27(17-12-21-6-2-1-3-7-21)30-19-18-22-10-14-25(15-11-22)39(36,37)32-28(34)23-13-16-26(31-20-23)29(35)38-24-8-4-5-9-24/h1-3,6-7,10-11,13-16,20,24H,4-5,8-9,12,17-19H2,(H,30,33)(H,32,34).